The number of allylic oxidation sites excluding steroid dienone is 10. The Labute approximate surface area is 389 Å². The van der Waals surface area contributed by atoms with Gasteiger partial charge >= 0.3 is 11.9 Å². The van der Waals surface area contributed by atoms with Crippen LogP contribution in [0.5, 0.6) is 0 Å². The quantitative estimate of drug-likeness (QED) is 0.0343. The van der Waals surface area contributed by atoms with Crippen LogP contribution in [-0.4, -0.2) is 76.1 Å². The van der Waals surface area contributed by atoms with Crippen LogP contribution in [0, 0.1) is 11.8 Å². The lowest BCUT2D eigenvalue weighted by Gasteiger charge is -2.24. The van der Waals surface area contributed by atoms with E-state index < -0.39 is 0 Å². The van der Waals surface area contributed by atoms with Gasteiger partial charge in [0.05, 0.1) is 13.0 Å². The molecule has 0 saturated heterocycles. The van der Waals surface area contributed by atoms with Crippen LogP contribution in [0.15, 0.2) is 60.8 Å². The van der Waals surface area contributed by atoms with Crippen molar-refractivity contribution < 1.29 is 28.5 Å². The SMILES string of the molecule is CC/C=C\CC1C(CC(=O)OCC(COCCCCCCCC/C=C\C/C=C\CCCCC)OCCCCCCCC/C=C\C/C=C\CCCCC)CCC1OC(=O)CCN(C)C. The van der Waals surface area contributed by atoms with Crippen LogP contribution in [-0.2, 0) is 28.5 Å². The molecule has 7 heteroatoms. The van der Waals surface area contributed by atoms with E-state index in [0.717, 1.165) is 57.8 Å². The molecule has 1 aliphatic carbocycles. The molecule has 1 fully saturated rings. The van der Waals surface area contributed by atoms with Gasteiger partial charge in [0.1, 0.15) is 18.8 Å². The van der Waals surface area contributed by atoms with Gasteiger partial charge in [-0.25, -0.2) is 0 Å². The fourth-order valence-electron chi connectivity index (χ4n) is 8.17. The van der Waals surface area contributed by atoms with E-state index >= 15 is 0 Å². The number of hydrogen-bond donors (Lipinski definition) is 0. The fourth-order valence-corrected chi connectivity index (χ4v) is 8.17. The van der Waals surface area contributed by atoms with Gasteiger partial charge in [0, 0.05) is 32.1 Å². The van der Waals surface area contributed by atoms with Crippen LogP contribution in [0.4, 0.5) is 0 Å². The number of carbonyl (C=O) groups is 2. The molecule has 0 bridgehead atoms. The van der Waals surface area contributed by atoms with E-state index in [2.05, 4.69) is 81.5 Å². The van der Waals surface area contributed by atoms with Crippen LogP contribution < -0.4 is 0 Å². The van der Waals surface area contributed by atoms with Gasteiger partial charge in [-0.05, 0) is 123 Å². The fraction of sp³-hybridized carbons (Fsp3) is 0.786. The number of unbranched alkanes of at least 4 members (excludes halogenated alkanes) is 18. The summed E-state index contributed by atoms with van der Waals surface area (Å²) in [6.45, 7) is 9.30. The molecule has 63 heavy (non-hydrogen) atoms. The lowest BCUT2D eigenvalue weighted by molar-refractivity contribution is -0.152. The minimum Gasteiger partial charge on any atom is -0.463 e. The number of esters is 2. The molecule has 1 saturated carbocycles. The summed E-state index contributed by atoms with van der Waals surface area (Å²) in [7, 11) is 3.92. The van der Waals surface area contributed by atoms with Crippen molar-refractivity contribution in [2.75, 3.05) is 47.1 Å². The molecule has 0 radical (unpaired) electrons. The van der Waals surface area contributed by atoms with Gasteiger partial charge in [0.2, 0.25) is 0 Å². The maximum Gasteiger partial charge on any atom is 0.307 e. The van der Waals surface area contributed by atoms with Crippen molar-refractivity contribution in [2.45, 2.75) is 226 Å². The second-order valence-corrected chi connectivity index (χ2v) is 18.3. The van der Waals surface area contributed by atoms with Crippen molar-refractivity contribution in [3.8, 4) is 0 Å². The molecular weight excluding hydrogens is 783 g/mol. The second-order valence-electron chi connectivity index (χ2n) is 18.3. The van der Waals surface area contributed by atoms with Crippen LogP contribution in [0.3, 0.4) is 0 Å². The van der Waals surface area contributed by atoms with E-state index in [1.165, 1.54) is 122 Å². The molecule has 0 aromatic rings. The Hall–Kier alpha value is -2.48. The zero-order valence-corrected chi connectivity index (χ0v) is 41.7. The van der Waals surface area contributed by atoms with E-state index in [9.17, 15) is 9.59 Å². The average Bonchev–Trinajstić information content (AvgIpc) is 3.64. The summed E-state index contributed by atoms with van der Waals surface area (Å²) in [5.41, 5.74) is 0. The molecule has 0 aromatic carbocycles. The molecule has 364 valence electrons. The Kier molecular flexibility index (Phi) is 41.5. The average molecular weight is 882 g/mol. The van der Waals surface area contributed by atoms with Gasteiger partial charge in [0.25, 0.3) is 0 Å². The lowest BCUT2D eigenvalue weighted by atomic mass is 9.88. The molecule has 0 heterocycles. The summed E-state index contributed by atoms with van der Waals surface area (Å²) in [6, 6.07) is 0. The van der Waals surface area contributed by atoms with Gasteiger partial charge in [0.15, 0.2) is 0 Å². The lowest BCUT2D eigenvalue weighted by Crippen LogP contribution is -2.30. The predicted octanol–water partition coefficient (Wildman–Crippen LogP) is 15.2. The summed E-state index contributed by atoms with van der Waals surface area (Å²) in [6.07, 6.45) is 55.8. The van der Waals surface area contributed by atoms with E-state index in [1.54, 1.807) is 0 Å². The number of carbonyl (C=O) groups excluding carboxylic acids is 2. The minimum atomic E-state index is -0.270. The zero-order chi connectivity index (χ0) is 45.7. The highest BCUT2D eigenvalue weighted by Crippen LogP contribution is 2.39. The number of hydrogen-bond acceptors (Lipinski definition) is 7. The molecule has 0 spiro atoms. The third-order valence-electron chi connectivity index (χ3n) is 12.1. The van der Waals surface area contributed by atoms with Crippen LogP contribution >= 0.6 is 0 Å². The van der Waals surface area contributed by atoms with E-state index in [-0.39, 0.29) is 42.6 Å². The number of rotatable bonds is 44. The van der Waals surface area contributed by atoms with Gasteiger partial charge in [-0.3, -0.25) is 9.59 Å². The number of ether oxygens (including phenoxy) is 4. The molecule has 1 aliphatic rings. The third-order valence-corrected chi connectivity index (χ3v) is 12.1. The Morgan fingerprint density at radius 1 is 0.571 bits per heavy atom. The summed E-state index contributed by atoms with van der Waals surface area (Å²) in [4.78, 5) is 27.9. The van der Waals surface area contributed by atoms with Gasteiger partial charge in [-0.15, -0.1) is 0 Å². The standard InChI is InChI=1S/C56H99NO6/c1-6-9-12-14-16-18-20-22-24-26-28-30-32-34-36-39-46-60-49-52(61-47-40-37-35-33-31-29-27-25-23-21-19-17-15-13-10-7-2)50-62-56(59)48-51-42-43-54(53(51)41-38-11-8-3)63-55(58)44-45-57(4)5/h11,16-19,22-25,38,51-54H,6-10,12-15,20-21,26-37,39-50H2,1-5H3/b18-16-,19-17-,24-22-,25-23-,38-11-. The predicted molar refractivity (Wildman–Crippen MR) is 268 cm³/mol. The maximum atomic E-state index is 13.3. The Bertz CT molecular complexity index is 1190. The summed E-state index contributed by atoms with van der Waals surface area (Å²) in [5.74, 6) is -0.103. The highest BCUT2D eigenvalue weighted by molar-refractivity contribution is 5.70. The first-order chi connectivity index (χ1) is 30.9. The highest BCUT2D eigenvalue weighted by atomic mass is 16.6. The summed E-state index contributed by atoms with van der Waals surface area (Å²) >= 11 is 0. The first-order valence-electron chi connectivity index (χ1n) is 26.3. The monoisotopic (exact) mass is 882 g/mol. The first kappa shape index (κ1) is 58.5. The van der Waals surface area contributed by atoms with Gasteiger partial charge in [-0.1, -0.05) is 159 Å². The largest absolute Gasteiger partial charge is 0.463 e. The Morgan fingerprint density at radius 3 is 1.63 bits per heavy atom. The van der Waals surface area contributed by atoms with Crippen molar-refractivity contribution in [1.82, 2.24) is 4.90 Å². The molecule has 0 N–H and O–H groups in total. The van der Waals surface area contributed by atoms with Crippen molar-refractivity contribution >= 4 is 11.9 Å². The minimum absolute atomic E-state index is 0.122. The highest BCUT2D eigenvalue weighted by Gasteiger charge is 2.39. The summed E-state index contributed by atoms with van der Waals surface area (Å²) < 4.78 is 24.3. The number of nitrogens with zero attached hydrogens (tertiary/aromatic N) is 1. The van der Waals surface area contributed by atoms with E-state index in [1.807, 2.05) is 19.0 Å². The molecule has 1 rings (SSSR count). The van der Waals surface area contributed by atoms with Crippen molar-refractivity contribution in [2.24, 2.45) is 11.8 Å². The first-order valence-corrected chi connectivity index (χ1v) is 26.3. The second kappa shape index (κ2) is 44.7. The van der Waals surface area contributed by atoms with E-state index in [4.69, 9.17) is 18.9 Å². The topological polar surface area (TPSA) is 74.3 Å². The third kappa shape index (κ3) is 37.4. The molecule has 0 amide bonds. The van der Waals surface area contributed by atoms with Crippen molar-refractivity contribution in [1.29, 1.82) is 0 Å². The van der Waals surface area contributed by atoms with Gasteiger partial charge in [-0.2, -0.15) is 0 Å². The molecule has 4 atom stereocenters. The Morgan fingerprint density at radius 2 is 1.10 bits per heavy atom. The molecule has 0 aromatic heterocycles. The summed E-state index contributed by atoms with van der Waals surface area (Å²) in [5, 5.41) is 0. The van der Waals surface area contributed by atoms with Gasteiger partial charge < -0.3 is 23.8 Å². The van der Waals surface area contributed by atoms with Crippen molar-refractivity contribution in [3.63, 3.8) is 0 Å². The van der Waals surface area contributed by atoms with E-state index in [0.29, 0.717) is 39.2 Å². The Balaban J connectivity index is 2.47. The molecule has 0 aliphatic heterocycles. The molecule has 7 nitrogen and oxygen atoms in total. The smallest absolute Gasteiger partial charge is 0.307 e. The van der Waals surface area contributed by atoms with Crippen molar-refractivity contribution in [3.05, 3.63) is 60.8 Å². The normalized spacial score (nSPS) is 17.5. The van der Waals surface area contributed by atoms with Crippen LogP contribution in [0.2, 0.25) is 0 Å². The maximum absolute atomic E-state index is 13.3. The zero-order valence-electron chi connectivity index (χ0n) is 41.7. The molecule has 4 unspecified atom stereocenters. The molecular formula is C56H99NO6. The van der Waals surface area contributed by atoms with Crippen LogP contribution in [0.1, 0.15) is 213 Å². The van der Waals surface area contributed by atoms with Crippen LogP contribution in [0.25, 0.3) is 0 Å².